The first kappa shape index (κ1) is 15.9. The number of benzene rings is 1. The van der Waals surface area contributed by atoms with Crippen molar-refractivity contribution in [2.75, 3.05) is 13.7 Å². The molecule has 19 heavy (non-hydrogen) atoms. The number of aliphatic hydroxyl groups excluding tert-OH is 1. The molecule has 0 amide bonds. The molecule has 0 saturated carbocycles. The molecule has 0 atom stereocenters. The highest BCUT2D eigenvalue weighted by atomic mass is 35.5. The van der Waals surface area contributed by atoms with E-state index >= 15 is 0 Å². The lowest BCUT2D eigenvalue weighted by atomic mass is 10.1. The van der Waals surface area contributed by atoms with Crippen LogP contribution in [0.4, 0.5) is 0 Å². The van der Waals surface area contributed by atoms with Gasteiger partial charge in [0, 0.05) is 12.1 Å². The lowest BCUT2D eigenvalue weighted by molar-refractivity contribution is 0.138. The van der Waals surface area contributed by atoms with Crippen LogP contribution in [-0.2, 0) is 10.0 Å². The lowest BCUT2D eigenvalue weighted by Gasteiger charge is -2.33. The Morgan fingerprint density at radius 2 is 2.05 bits per heavy atom. The van der Waals surface area contributed by atoms with E-state index in [1.54, 1.807) is 13.8 Å². The van der Waals surface area contributed by atoms with E-state index in [0.717, 1.165) is 4.31 Å². The van der Waals surface area contributed by atoms with Gasteiger partial charge in [-0.05, 0) is 32.0 Å². The molecule has 5 nitrogen and oxygen atoms in total. The summed E-state index contributed by atoms with van der Waals surface area (Å²) in [6.45, 7) is 2.83. The molecule has 0 aliphatic rings. The van der Waals surface area contributed by atoms with Crippen LogP contribution in [0.5, 0.6) is 0 Å². The highest BCUT2D eigenvalue weighted by molar-refractivity contribution is 7.89. The van der Waals surface area contributed by atoms with Crippen LogP contribution in [-0.4, -0.2) is 37.0 Å². The third-order valence-corrected chi connectivity index (χ3v) is 5.29. The van der Waals surface area contributed by atoms with Crippen molar-refractivity contribution in [3.63, 3.8) is 0 Å². The second kappa shape index (κ2) is 5.47. The number of sulfonamides is 1. The zero-order valence-corrected chi connectivity index (χ0v) is 12.5. The molecular formula is C12H15ClN2O3S. The maximum atomic E-state index is 12.5. The van der Waals surface area contributed by atoms with E-state index in [1.807, 2.05) is 6.07 Å². The van der Waals surface area contributed by atoms with Crippen LogP contribution in [0.1, 0.15) is 19.4 Å². The summed E-state index contributed by atoms with van der Waals surface area (Å²) < 4.78 is 26.0. The molecule has 104 valence electrons. The summed E-state index contributed by atoms with van der Waals surface area (Å²) in [5, 5.41) is 18.5. The molecule has 0 saturated heterocycles. The quantitative estimate of drug-likeness (QED) is 0.916. The Balaban J connectivity index is 3.45. The smallest absolute Gasteiger partial charge is 0.244 e. The van der Waals surface area contributed by atoms with Crippen molar-refractivity contribution < 1.29 is 13.5 Å². The zero-order chi connectivity index (χ0) is 14.8. The zero-order valence-electron chi connectivity index (χ0n) is 10.9. The normalized spacial score (nSPS) is 12.5. The third kappa shape index (κ3) is 3.07. The van der Waals surface area contributed by atoms with Crippen molar-refractivity contribution in [1.82, 2.24) is 4.31 Å². The van der Waals surface area contributed by atoms with Crippen LogP contribution in [0.25, 0.3) is 0 Å². The van der Waals surface area contributed by atoms with Crippen LogP contribution >= 0.6 is 11.6 Å². The fourth-order valence-corrected chi connectivity index (χ4v) is 3.28. The summed E-state index contributed by atoms with van der Waals surface area (Å²) in [4.78, 5) is -0.161. The van der Waals surface area contributed by atoms with Crippen LogP contribution in [0.2, 0.25) is 5.02 Å². The summed E-state index contributed by atoms with van der Waals surface area (Å²) >= 11 is 5.79. The number of halogens is 1. The minimum absolute atomic E-state index is 0.0185. The highest BCUT2D eigenvalue weighted by Crippen LogP contribution is 2.27. The van der Waals surface area contributed by atoms with Gasteiger partial charge in [0.15, 0.2) is 0 Å². The first-order valence-electron chi connectivity index (χ1n) is 5.46. The van der Waals surface area contributed by atoms with Crippen molar-refractivity contribution >= 4 is 21.6 Å². The van der Waals surface area contributed by atoms with Gasteiger partial charge in [-0.15, -0.1) is 0 Å². The molecule has 0 bridgehead atoms. The first-order chi connectivity index (χ1) is 8.66. The fourth-order valence-electron chi connectivity index (χ4n) is 1.37. The van der Waals surface area contributed by atoms with Gasteiger partial charge in [-0.2, -0.15) is 9.57 Å². The highest BCUT2D eigenvalue weighted by Gasteiger charge is 2.35. The van der Waals surface area contributed by atoms with E-state index in [4.69, 9.17) is 16.9 Å². The number of hydrogen-bond donors (Lipinski definition) is 1. The molecule has 0 heterocycles. The van der Waals surface area contributed by atoms with Crippen LogP contribution < -0.4 is 0 Å². The first-order valence-corrected chi connectivity index (χ1v) is 7.28. The molecule has 0 spiro atoms. The lowest BCUT2D eigenvalue weighted by Crippen LogP contribution is -2.47. The van der Waals surface area contributed by atoms with Gasteiger partial charge in [-0.25, -0.2) is 8.42 Å². The molecule has 0 radical (unpaired) electrons. The predicted molar refractivity (Wildman–Crippen MR) is 72.3 cm³/mol. The van der Waals surface area contributed by atoms with Gasteiger partial charge in [0.2, 0.25) is 10.0 Å². The Morgan fingerprint density at radius 3 is 2.53 bits per heavy atom. The Hall–Kier alpha value is -1.13. The van der Waals surface area contributed by atoms with Crippen molar-refractivity contribution in [3.8, 4) is 6.07 Å². The van der Waals surface area contributed by atoms with E-state index in [9.17, 15) is 13.5 Å². The molecule has 1 aromatic carbocycles. The van der Waals surface area contributed by atoms with Gasteiger partial charge in [0.25, 0.3) is 0 Å². The summed E-state index contributed by atoms with van der Waals surface area (Å²) in [7, 11) is -2.55. The molecule has 0 fully saturated rings. The summed E-state index contributed by atoms with van der Waals surface area (Å²) in [5.74, 6) is 0. The molecular weight excluding hydrogens is 288 g/mol. The fraction of sp³-hybridized carbons (Fsp3) is 0.417. The topological polar surface area (TPSA) is 81.4 Å². The Morgan fingerprint density at radius 1 is 1.47 bits per heavy atom. The minimum atomic E-state index is -3.91. The largest absolute Gasteiger partial charge is 0.394 e. The van der Waals surface area contributed by atoms with E-state index in [1.165, 1.54) is 25.2 Å². The second-order valence-electron chi connectivity index (χ2n) is 4.70. The average molecular weight is 303 g/mol. The standard InChI is InChI=1S/C12H15ClN2O3S/c1-12(2,8-16)15(3)19(17,18)11-6-10(13)5-4-9(11)7-14/h4-6,16H,8H2,1-3H3. The minimum Gasteiger partial charge on any atom is -0.394 e. The SMILES string of the molecule is CN(C(C)(C)CO)S(=O)(=O)c1cc(Cl)ccc1C#N. The summed E-state index contributed by atoms with van der Waals surface area (Å²) in [6, 6.07) is 5.87. The molecule has 1 N–H and O–H groups in total. The van der Waals surface area contributed by atoms with Crippen molar-refractivity contribution in [1.29, 1.82) is 5.26 Å². The molecule has 0 aromatic heterocycles. The van der Waals surface area contributed by atoms with Gasteiger partial charge in [0.1, 0.15) is 11.0 Å². The van der Waals surface area contributed by atoms with Gasteiger partial charge < -0.3 is 5.11 Å². The Bertz CT molecular complexity index is 620. The van der Waals surface area contributed by atoms with E-state index < -0.39 is 15.6 Å². The van der Waals surface area contributed by atoms with Crippen LogP contribution in [0.3, 0.4) is 0 Å². The maximum Gasteiger partial charge on any atom is 0.244 e. The van der Waals surface area contributed by atoms with Crippen LogP contribution in [0, 0.1) is 11.3 Å². The van der Waals surface area contributed by atoms with Gasteiger partial charge in [-0.1, -0.05) is 11.6 Å². The van der Waals surface area contributed by atoms with E-state index in [2.05, 4.69) is 0 Å². The number of rotatable bonds is 4. The molecule has 0 aliphatic heterocycles. The van der Waals surface area contributed by atoms with Gasteiger partial charge >= 0.3 is 0 Å². The molecule has 0 unspecified atom stereocenters. The Kier molecular flexibility index (Phi) is 4.59. The molecule has 0 aliphatic carbocycles. The number of nitriles is 1. The number of hydrogen-bond acceptors (Lipinski definition) is 4. The molecule has 1 aromatic rings. The van der Waals surface area contributed by atoms with E-state index in [0.29, 0.717) is 0 Å². The molecule has 7 heteroatoms. The van der Waals surface area contributed by atoms with Crippen molar-refractivity contribution in [2.24, 2.45) is 0 Å². The maximum absolute atomic E-state index is 12.5. The monoisotopic (exact) mass is 302 g/mol. The van der Waals surface area contributed by atoms with Crippen molar-refractivity contribution in [2.45, 2.75) is 24.3 Å². The number of likely N-dealkylation sites (N-methyl/N-ethyl adjacent to an activating group) is 1. The van der Waals surface area contributed by atoms with Gasteiger partial charge in [0.05, 0.1) is 17.7 Å². The predicted octanol–water partition coefficient (Wildman–Crippen LogP) is 1.60. The van der Waals surface area contributed by atoms with Gasteiger partial charge in [-0.3, -0.25) is 0 Å². The summed E-state index contributed by atoms with van der Waals surface area (Å²) in [5.41, 5.74) is -0.960. The van der Waals surface area contributed by atoms with Crippen LogP contribution in [0.15, 0.2) is 23.1 Å². The number of nitrogens with zero attached hydrogens (tertiary/aromatic N) is 2. The second-order valence-corrected chi connectivity index (χ2v) is 7.07. The van der Waals surface area contributed by atoms with Crippen molar-refractivity contribution in [3.05, 3.63) is 28.8 Å². The molecule has 1 rings (SSSR count). The summed E-state index contributed by atoms with van der Waals surface area (Å²) in [6.07, 6.45) is 0. The van der Waals surface area contributed by atoms with E-state index in [-0.39, 0.29) is 22.1 Å². The average Bonchev–Trinajstić information content (AvgIpc) is 2.37. The Labute approximate surface area is 118 Å². The third-order valence-electron chi connectivity index (χ3n) is 2.94. The number of aliphatic hydroxyl groups is 1.